The Bertz CT molecular complexity index is 662. The van der Waals surface area contributed by atoms with Gasteiger partial charge in [-0.1, -0.05) is 0 Å². The predicted molar refractivity (Wildman–Crippen MR) is 60.3 cm³/mol. The number of H-pyrrole nitrogens is 1. The zero-order valence-electron chi connectivity index (χ0n) is 9.18. The number of hydrogen-bond donors (Lipinski definition) is 1. The van der Waals surface area contributed by atoms with Crippen LogP contribution in [0.25, 0.3) is 10.9 Å². The van der Waals surface area contributed by atoms with Crippen molar-refractivity contribution in [3.8, 4) is 5.75 Å². The van der Waals surface area contributed by atoms with Gasteiger partial charge in [-0.15, -0.1) is 0 Å². The molecule has 17 heavy (non-hydrogen) atoms. The van der Waals surface area contributed by atoms with E-state index in [0.29, 0.717) is 11.3 Å². The Morgan fingerprint density at radius 2 is 2.18 bits per heavy atom. The van der Waals surface area contributed by atoms with Crippen LogP contribution in [0.5, 0.6) is 5.75 Å². The largest absolute Gasteiger partial charge is 0.490 e. The fourth-order valence-corrected chi connectivity index (χ4v) is 1.58. The molecule has 0 fully saturated rings. The molecule has 7 nitrogen and oxygen atoms in total. The maximum absolute atomic E-state index is 11.6. The maximum Gasteiger partial charge on any atom is 0.311 e. The van der Waals surface area contributed by atoms with Crippen LogP contribution in [0.4, 0.5) is 5.69 Å². The fraction of sp³-hybridized carbons (Fsp3) is 0.200. The van der Waals surface area contributed by atoms with Gasteiger partial charge in [0.2, 0.25) is 0 Å². The maximum atomic E-state index is 11.6. The summed E-state index contributed by atoms with van der Waals surface area (Å²) in [6.07, 6.45) is 0. The van der Waals surface area contributed by atoms with Crippen molar-refractivity contribution < 1.29 is 9.66 Å². The quantitative estimate of drug-likeness (QED) is 0.621. The van der Waals surface area contributed by atoms with Crippen molar-refractivity contribution in [3.05, 3.63) is 38.4 Å². The summed E-state index contributed by atoms with van der Waals surface area (Å²) in [4.78, 5) is 28.4. The van der Waals surface area contributed by atoms with E-state index in [9.17, 15) is 14.9 Å². The van der Waals surface area contributed by atoms with E-state index >= 15 is 0 Å². The van der Waals surface area contributed by atoms with E-state index in [0.717, 1.165) is 0 Å². The van der Waals surface area contributed by atoms with Gasteiger partial charge in [-0.3, -0.25) is 14.9 Å². The van der Waals surface area contributed by atoms with Crippen molar-refractivity contribution in [1.29, 1.82) is 0 Å². The zero-order chi connectivity index (χ0) is 12.6. The van der Waals surface area contributed by atoms with E-state index in [-0.39, 0.29) is 16.8 Å². The van der Waals surface area contributed by atoms with Crippen LogP contribution in [0.15, 0.2) is 16.9 Å². The number of hydrogen-bond acceptors (Lipinski definition) is 5. The molecular weight excluding hydrogens is 226 g/mol. The highest BCUT2D eigenvalue weighted by Crippen LogP contribution is 2.29. The van der Waals surface area contributed by atoms with Gasteiger partial charge in [0.25, 0.3) is 5.56 Å². The van der Waals surface area contributed by atoms with Gasteiger partial charge >= 0.3 is 5.69 Å². The summed E-state index contributed by atoms with van der Waals surface area (Å²) in [6, 6.07) is 2.55. The number of rotatable bonds is 2. The first-order valence-electron chi connectivity index (χ1n) is 4.76. The summed E-state index contributed by atoms with van der Waals surface area (Å²) in [5, 5.41) is 11.0. The van der Waals surface area contributed by atoms with E-state index in [1.54, 1.807) is 6.92 Å². The first-order chi connectivity index (χ1) is 8.02. The molecule has 1 heterocycles. The van der Waals surface area contributed by atoms with Crippen LogP contribution in [0.2, 0.25) is 0 Å². The molecule has 0 unspecified atom stereocenters. The molecule has 0 aliphatic heterocycles. The summed E-state index contributed by atoms with van der Waals surface area (Å²) in [5.74, 6) is 0.526. The SMILES string of the molecule is COc1cc2nc(C)[nH]c(=O)c2cc1[N+](=O)[O-]. The van der Waals surface area contributed by atoms with Crippen molar-refractivity contribution in [2.75, 3.05) is 7.11 Å². The molecule has 0 bridgehead atoms. The summed E-state index contributed by atoms with van der Waals surface area (Å²) in [6.45, 7) is 1.63. The van der Waals surface area contributed by atoms with Crippen molar-refractivity contribution in [2.24, 2.45) is 0 Å². The Hall–Kier alpha value is -2.44. The summed E-state index contributed by atoms with van der Waals surface area (Å²) in [7, 11) is 1.33. The van der Waals surface area contributed by atoms with Crippen LogP contribution in [0, 0.1) is 17.0 Å². The van der Waals surface area contributed by atoms with Gasteiger partial charge in [0.15, 0.2) is 5.75 Å². The number of aromatic nitrogens is 2. The number of aromatic amines is 1. The topological polar surface area (TPSA) is 98.1 Å². The minimum Gasteiger partial charge on any atom is -0.490 e. The van der Waals surface area contributed by atoms with Crippen LogP contribution in [0.1, 0.15) is 5.82 Å². The van der Waals surface area contributed by atoms with Crippen LogP contribution in [-0.4, -0.2) is 22.0 Å². The third-order valence-electron chi connectivity index (χ3n) is 2.32. The Kier molecular flexibility index (Phi) is 2.51. The molecule has 7 heteroatoms. The van der Waals surface area contributed by atoms with E-state index in [1.165, 1.54) is 19.2 Å². The molecule has 0 saturated heterocycles. The van der Waals surface area contributed by atoms with Crippen molar-refractivity contribution in [2.45, 2.75) is 6.92 Å². The molecule has 2 aromatic rings. The first-order valence-corrected chi connectivity index (χ1v) is 4.76. The van der Waals surface area contributed by atoms with Gasteiger partial charge in [-0.25, -0.2) is 4.98 Å². The van der Waals surface area contributed by atoms with Gasteiger partial charge < -0.3 is 9.72 Å². The number of ether oxygens (including phenoxy) is 1. The second-order valence-corrected chi connectivity index (χ2v) is 3.45. The smallest absolute Gasteiger partial charge is 0.311 e. The Balaban J connectivity index is 2.88. The second-order valence-electron chi connectivity index (χ2n) is 3.45. The number of aryl methyl sites for hydroxylation is 1. The third kappa shape index (κ3) is 1.82. The van der Waals surface area contributed by atoms with Gasteiger partial charge in [-0.2, -0.15) is 0 Å². The molecule has 1 N–H and O–H groups in total. The molecule has 0 spiro atoms. The van der Waals surface area contributed by atoms with Crippen molar-refractivity contribution in [1.82, 2.24) is 9.97 Å². The lowest BCUT2D eigenvalue weighted by Crippen LogP contribution is -2.10. The minimum absolute atomic E-state index is 0.0833. The second kappa shape index (κ2) is 3.85. The predicted octanol–water partition coefficient (Wildman–Crippen LogP) is 1.15. The highest BCUT2D eigenvalue weighted by molar-refractivity contribution is 5.83. The highest BCUT2D eigenvalue weighted by Gasteiger charge is 2.17. The van der Waals surface area contributed by atoms with Crippen molar-refractivity contribution in [3.63, 3.8) is 0 Å². The van der Waals surface area contributed by atoms with Gasteiger partial charge in [0.05, 0.1) is 22.9 Å². The molecule has 0 radical (unpaired) electrons. The number of nitrogens with one attached hydrogen (secondary N) is 1. The number of nitrogens with zero attached hydrogens (tertiary/aromatic N) is 2. The van der Waals surface area contributed by atoms with Gasteiger partial charge in [0.1, 0.15) is 5.82 Å². The Labute approximate surface area is 95.2 Å². The minimum atomic E-state index is -0.600. The number of nitro benzene ring substituents is 1. The lowest BCUT2D eigenvalue weighted by atomic mass is 10.2. The average molecular weight is 235 g/mol. The third-order valence-corrected chi connectivity index (χ3v) is 2.32. The van der Waals surface area contributed by atoms with Crippen LogP contribution in [0.3, 0.4) is 0 Å². The van der Waals surface area contributed by atoms with Crippen LogP contribution >= 0.6 is 0 Å². The van der Waals surface area contributed by atoms with Crippen LogP contribution in [-0.2, 0) is 0 Å². The number of benzene rings is 1. The molecular formula is C10H9N3O4. The monoisotopic (exact) mass is 235 g/mol. The standard InChI is InChI=1S/C10H9N3O4/c1-5-11-7-4-9(17-2)8(13(15)16)3-6(7)10(14)12-5/h3-4H,1-2H3,(H,11,12,14). The Morgan fingerprint density at radius 3 is 2.76 bits per heavy atom. The Morgan fingerprint density at radius 1 is 1.47 bits per heavy atom. The molecule has 0 saturated carbocycles. The molecule has 88 valence electrons. The molecule has 0 aliphatic carbocycles. The van der Waals surface area contributed by atoms with E-state index in [1.807, 2.05) is 0 Å². The summed E-state index contributed by atoms with van der Waals surface area (Å²) < 4.78 is 4.90. The average Bonchev–Trinajstić information content (AvgIpc) is 2.26. The van der Waals surface area contributed by atoms with E-state index in [4.69, 9.17) is 4.74 Å². The first kappa shape index (κ1) is 11.1. The summed E-state index contributed by atoms with van der Waals surface area (Å²) >= 11 is 0. The molecule has 1 aromatic heterocycles. The summed E-state index contributed by atoms with van der Waals surface area (Å²) in [5.41, 5.74) is -0.289. The van der Waals surface area contributed by atoms with Gasteiger partial charge in [-0.05, 0) is 6.92 Å². The molecule has 0 atom stereocenters. The lowest BCUT2D eigenvalue weighted by Gasteiger charge is -2.03. The number of nitro groups is 1. The van der Waals surface area contributed by atoms with Crippen LogP contribution < -0.4 is 10.3 Å². The molecule has 0 amide bonds. The lowest BCUT2D eigenvalue weighted by molar-refractivity contribution is -0.385. The number of fused-ring (bicyclic) bond motifs is 1. The van der Waals surface area contributed by atoms with E-state index < -0.39 is 10.5 Å². The fourth-order valence-electron chi connectivity index (χ4n) is 1.58. The van der Waals surface area contributed by atoms with Crippen molar-refractivity contribution >= 4 is 16.6 Å². The normalized spacial score (nSPS) is 10.5. The molecule has 1 aromatic carbocycles. The zero-order valence-corrected chi connectivity index (χ0v) is 9.18. The van der Waals surface area contributed by atoms with Gasteiger partial charge in [0, 0.05) is 12.1 Å². The van der Waals surface area contributed by atoms with E-state index in [2.05, 4.69) is 9.97 Å². The highest BCUT2D eigenvalue weighted by atomic mass is 16.6. The molecule has 2 rings (SSSR count). The number of methoxy groups -OCH3 is 1. The molecule has 0 aliphatic rings.